The molecule has 0 aliphatic rings. The zero-order valence-corrected chi connectivity index (χ0v) is 12.3. The number of anilines is 2. The van der Waals surface area contributed by atoms with Crippen LogP contribution in [0.5, 0.6) is 0 Å². The van der Waals surface area contributed by atoms with Crippen LogP contribution in [0.15, 0.2) is 30.3 Å². The Kier molecular flexibility index (Phi) is 4.17. The van der Waals surface area contributed by atoms with Crippen LogP contribution in [-0.2, 0) is 0 Å². The normalized spacial score (nSPS) is 12.2. The maximum atomic E-state index is 6.19. The topological polar surface area (TPSA) is 50.9 Å². The number of hydrogen-bond acceptors (Lipinski definition) is 3. The molecule has 1 heterocycles. The van der Waals surface area contributed by atoms with Gasteiger partial charge in [0, 0.05) is 15.7 Å². The van der Waals surface area contributed by atoms with E-state index in [9.17, 15) is 0 Å². The molecule has 3 nitrogen and oxygen atoms in total. The summed E-state index contributed by atoms with van der Waals surface area (Å²) in [6, 6.07) is 9.13. The Balaban J connectivity index is 2.25. The first kappa shape index (κ1) is 14.0. The number of nitrogens with zero attached hydrogens (tertiary/aromatic N) is 1. The zero-order chi connectivity index (χ0) is 14.0. The van der Waals surface area contributed by atoms with Crippen LogP contribution in [-0.4, -0.2) is 4.98 Å². The molecule has 19 heavy (non-hydrogen) atoms. The van der Waals surface area contributed by atoms with Gasteiger partial charge in [0.1, 0.15) is 5.82 Å². The Bertz CT molecular complexity index is 599. The molecule has 1 unspecified atom stereocenters. The van der Waals surface area contributed by atoms with Gasteiger partial charge in [-0.15, -0.1) is 0 Å². The molecule has 0 bridgehead atoms. The molecule has 1 aromatic carbocycles. The average Bonchev–Trinajstić information content (AvgIpc) is 2.33. The third-order valence-electron chi connectivity index (χ3n) is 2.85. The average molecular weight is 296 g/mol. The molecule has 1 atom stereocenters. The van der Waals surface area contributed by atoms with Gasteiger partial charge in [0.15, 0.2) is 0 Å². The highest BCUT2D eigenvalue weighted by Gasteiger charge is 2.12. The highest BCUT2D eigenvalue weighted by molar-refractivity contribution is 6.35. The van der Waals surface area contributed by atoms with Gasteiger partial charge < -0.3 is 11.1 Å². The van der Waals surface area contributed by atoms with E-state index in [4.69, 9.17) is 28.9 Å². The standard InChI is InChI=1S/C14H15Cl2N3/c1-8-3-6-13(17)14(18-8)19-9(2)11-5-4-10(15)7-12(11)16/h3-7,9H,17H2,1-2H3,(H,18,19). The molecular formula is C14H15Cl2N3. The van der Waals surface area contributed by atoms with Crippen LogP contribution >= 0.6 is 23.2 Å². The van der Waals surface area contributed by atoms with Crippen molar-refractivity contribution in [2.24, 2.45) is 0 Å². The highest BCUT2D eigenvalue weighted by Crippen LogP contribution is 2.29. The molecule has 0 radical (unpaired) electrons. The fraction of sp³-hybridized carbons (Fsp3) is 0.214. The lowest BCUT2D eigenvalue weighted by molar-refractivity contribution is 0.874. The third kappa shape index (κ3) is 3.31. The molecule has 0 amide bonds. The molecule has 0 saturated heterocycles. The van der Waals surface area contributed by atoms with E-state index >= 15 is 0 Å². The molecule has 0 spiro atoms. The number of rotatable bonds is 3. The van der Waals surface area contributed by atoms with Crippen molar-refractivity contribution in [3.05, 3.63) is 51.6 Å². The van der Waals surface area contributed by atoms with E-state index in [0.717, 1.165) is 11.3 Å². The van der Waals surface area contributed by atoms with Crippen molar-refractivity contribution in [1.29, 1.82) is 0 Å². The van der Waals surface area contributed by atoms with E-state index in [1.54, 1.807) is 6.07 Å². The Morgan fingerprint density at radius 2 is 1.95 bits per heavy atom. The lowest BCUT2D eigenvalue weighted by Crippen LogP contribution is -2.10. The smallest absolute Gasteiger partial charge is 0.149 e. The summed E-state index contributed by atoms with van der Waals surface area (Å²) in [6.45, 7) is 3.92. The van der Waals surface area contributed by atoms with Crippen LogP contribution in [0.4, 0.5) is 11.5 Å². The number of pyridine rings is 1. The molecular weight excluding hydrogens is 281 g/mol. The predicted molar refractivity (Wildman–Crippen MR) is 81.9 cm³/mol. The van der Waals surface area contributed by atoms with Crippen LogP contribution in [0.2, 0.25) is 10.0 Å². The minimum atomic E-state index is -0.0126. The van der Waals surface area contributed by atoms with Crippen molar-refractivity contribution in [3.8, 4) is 0 Å². The Hall–Kier alpha value is -1.45. The van der Waals surface area contributed by atoms with Crippen molar-refractivity contribution in [2.45, 2.75) is 19.9 Å². The van der Waals surface area contributed by atoms with Crippen LogP contribution in [0.1, 0.15) is 24.2 Å². The highest BCUT2D eigenvalue weighted by atomic mass is 35.5. The summed E-state index contributed by atoms with van der Waals surface area (Å²) in [4.78, 5) is 4.38. The number of nitrogen functional groups attached to an aromatic ring is 1. The molecule has 0 saturated carbocycles. The molecule has 1 aromatic heterocycles. The van der Waals surface area contributed by atoms with E-state index in [1.807, 2.05) is 38.1 Å². The number of nitrogens with two attached hydrogens (primary N) is 1. The van der Waals surface area contributed by atoms with E-state index < -0.39 is 0 Å². The van der Waals surface area contributed by atoms with Crippen LogP contribution < -0.4 is 11.1 Å². The fourth-order valence-electron chi connectivity index (χ4n) is 1.82. The van der Waals surface area contributed by atoms with Gasteiger partial charge in [-0.25, -0.2) is 4.98 Å². The molecule has 0 aliphatic carbocycles. The summed E-state index contributed by atoms with van der Waals surface area (Å²) >= 11 is 12.1. The van der Waals surface area contributed by atoms with Gasteiger partial charge in [0.25, 0.3) is 0 Å². The first-order valence-electron chi connectivity index (χ1n) is 5.92. The molecule has 5 heteroatoms. The van der Waals surface area contributed by atoms with Gasteiger partial charge in [0.2, 0.25) is 0 Å². The van der Waals surface area contributed by atoms with Crippen LogP contribution in [0.25, 0.3) is 0 Å². The maximum Gasteiger partial charge on any atom is 0.149 e. The second-order valence-corrected chi connectivity index (χ2v) is 5.27. The van der Waals surface area contributed by atoms with E-state index in [0.29, 0.717) is 21.6 Å². The van der Waals surface area contributed by atoms with Gasteiger partial charge >= 0.3 is 0 Å². The molecule has 2 aromatic rings. The number of aryl methyl sites for hydroxylation is 1. The zero-order valence-electron chi connectivity index (χ0n) is 10.7. The lowest BCUT2D eigenvalue weighted by Gasteiger charge is -2.18. The number of nitrogens with one attached hydrogen (secondary N) is 1. The first-order chi connectivity index (χ1) is 8.97. The predicted octanol–water partition coefficient (Wildman–Crippen LogP) is 4.45. The van der Waals surface area contributed by atoms with Crippen molar-refractivity contribution < 1.29 is 0 Å². The Morgan fingerprint density at radius 3 is 2.63 bits per heavy atom. The largest absolute Gasteiger partial charge is 0.396 e. The van der Waals surface area contributed by atoms with Gasteiger partial charge in [-0.2, -0.15) is 0 Å². The SMILES string of the molecule is Cc1ccc(N)c(NC(C)c2ccc(Cl)cc2Cl)n1. The van der Waals surface area contributed by atoms with Gasteiger partial charge in [-0.1, -0.05) is 29.3 Å². The van der Waals surface area contributed by atoms with Crippen molar-refractivity contribution in [2.75, 3.05) is 11.1 Å². The maximum absolute atomic E-state index is 6.19. The molecule has 0 fully saturated rings. The summed E-state index contributed by atoms with van der Waals surface area (Å²) in [7, 11) is 0. The van der Waals surface area contributed by atoms with E-state index in [1.165, 1.54) is 0 Å². The van der Waals surface area contributed by atoms with Gasteiger partial charge in [0.05, 0.1) is 11.7 Å². The molecule has 3 N–H and O–H groups in total. The van der Waals surface area contributed by atoms with Crippen molar-refractivity contribution >= 4 is 34.7 Å². The number of aromatic nitrogens is 1. The van der Waals surface area contributed by atoms with Crippen molar-refractivity contribution in [3.63, 3.8) is 0 Å². The van der Waals surface area contributed by atoms with Crippen LogP contribution in [0.3, 0.4) is 0 Å². The number of hydrogen-bond donors (Lipinski definition) is 2. The van der Waals surface area contributed by atoms with Gasteiger partial charge in [-0.3, -0.25) is 0 Å². The molecule has 0 aliphatic heterocycles. The second kappa shape index (κ2) is 5.68. The monoisotopic (exact) mass is 295 g/mol. The minimum absolute atomic E-state index is 0.0126. The van der Waals surface area contributed by atoms with Gasteiger partial charge in [-0.05, 0) is 43.7 Å². The minimum Gasteiger partial charge on any atom is -0.396 e. The quantitative estimate of drug-likeness (QED) is 0.879. The summed E-state index contributed by atoms with van der Waals surface area (Å²) < 4.78 is 0. The number of benzene rings is 1. The Morgan fingerprint density at radius 1 is 1.21 bits per heavy atom. The second-order valence-electron chi connectivity index (χ2n) is 4.42. The summed E-state index contributed by atoms with van der Waals surface area (Å²) in [5.74, 6) is 0.665. The van der Waals surface area contributed by atoms with Crippen molar-refractivity contribution in [1.82, 2.24) is 4.98 Å². The molecule has 2 rings (SSSR count). The summed E-state index contributed by atoms with van der Waals surface area (Å²) in [5, 5.41) is 4.51. The number of halogens is 2. The lowest BCUT2D eigenvalue weighted by atomic mass is 10.1. The van der Waals surface area contributed by atoms with E-state index in [-0.39, 0.29) is 6.04 Å². The van der Waals surface area contributed by atoms with Crippen LogP contribution in [0, 0.1) is 6.92 Å². The fourth-order valence-corrected chi connectivity index (χ4v) is 2.39. The molecule has 100 valence electrons. The first-order valence-corrected chi connectivity index (χ1v) is 6.67. The summed E-state index contributed by atoms with van der Waals surface area (Å²) in [6.07, 6.45) is 0. The van der Waals surface area contributed by atoms with E-state index in [2.05, 4.69) is 10.3 Å². The summed E-state index contributed by atoms with van der Waals surface area (Å²) in [5.41, 5.74) is 8.37. The Labute approximate surface area is 122 Å². The third-order valence-corrected chi connectivity index (χ3v) is 3.41.